The van der Waals surface area contributed by atoms with Crippen LogP contribution in [0, 0.1) is 0 Å². The van der Waals surface area contributed by atoms with Crippen molar-refractivity contribution < 1.29 is 93.6 Å². The Morgan fingerprint density at radius 1 is 0.600 bits per heavy atom. The van der Waals surface area contributed by atoms with Crippen molar-refractivity contribution in [1.29, 1.82) is 0 Å². The summed E-state index contributed by atoms with van der Waals surface area (Å²) in [5.74, 6) is -26.7. The van der Waals surface area contributed by atoms with Crippen LogP contribution in [0.3, 0.4) is 0 Å². The average Bonchev–Trinajstić information content (AvgIpc) is 2.61. The molecule has 0 aromatic heterocycles. The van der Waals surface area contributed by atoms with Crippen LogP contribution in [-0.2, 0) is 19.0 Å². The summed E-state index contributed by atoms with van der Waals surface area (Å²) in [6.45, 7) is -1.31. The second-order valence-electron chi connectivity index (χ2n) is 6.03. The highest BCUT2D eigenvalue weighted by Gasteiger charge is 2.85. The van der Waals surface area contributed by atoms with E-state index in [4.69, 9.17) is 11.6 Å². The SMILES string of the molecule is O=C(OCCCCCl)C(F)(OC(F)(F)C(F)(OC(F)(F)C(F)(F)C(F)(F)F)C(F)(F)F)C(F)(F)F. The van der Waals surface area contributed by atoms with Crippen LogP contribution < -0.4 is 0 Å². The van der Waals surface area contributed by atoms with Gasteiger partial charge in [0.2, 0.25) is 0 Å². The number of alkyl halides is 18. The lowest BCUT2D eigenvalue weighted by molar-refractivity contribution is -0.548. The molecule has 2 atom stereocenters. The Balaban J connectivity index is 6.53. The first-order chi connectivity index (χ1) is 15.1. The molecular formula is C13H8ClF17O4. The van der Waals surface area contributed by atoms with Crippen LogP contribution in [0.2, 0.25) is 0 Å². The largest absolute Gasteiger partial charge is 0.462 e. The number of carbonyl (C=O) groups is 1. The standard InChI is InChI=1S/C13H8ClF17O4/c14-3-1-2-4-33-5(32)6(15,9(19,20)21)34-13(30,31)8(18,11(25,26)27)35-12(28,29)7(16,17)10(22,23)24/h1-4H2. The van der Waals surface area contributed by atoms with Crippen LogP contribution in [-0.4, -0.2) is 66.8 Å². The Labute approximate surface area is 186 Å². The number of unbranched alkanes of at least 4 members (excludes halogenated alkanes) is 1. The Morgan fingerprint density at radius 2 is 1.06 bits per heavy atom. The molecule has 35 heavy (non-hydrogen) atoms. The molecule has 0 fully saturated rings. The lowest BCUT2D eigenvalue weighted by atomic mass is 10.2. The van der Waals surface area contributed by atoms with Gasteiger partial charge in [0.25, 0.3) is 0 Å². The van der Waals surface area contributed by atoms with Crippen LogP contribution in [0.25, 0.3) is 0 Å². The second-order valence-corrected chi connectivity index (χ2v) is 6.41. The van der Waals surface area contributed by atoms with Crippen molar-refractivity contribution in [3.63, 3.8) is 0 Å². The minimum Gasteiger partial charge on any atom is -0.461 e. The predicted octanol–water partition coefficient (Wildman–Crippen LogP) is 6.42. The fourth-order valence-electron chi connectivity index (χ4n) is 1.60. The minimum absolute atomic E-state index is 0.199. The van der Waals surface area contributed by atoms with E-state index in [-0.39, 0.29) is 12.3 Å². The van der Waals surface area contributed by atoms with E-state index < -0.39 is 67.4 Å². The lowest BCUT2D eigenvalue weighted by Gasteiger charge is -2.39. The van der Waals surface area contributed by atoms with Gasteiger partial charge in [-0.1, -0.05) is 0 Å². The first-order valence-corrected chi connectivity index (χ1v) is 8.53. The highest BCUT2D eigenvalue weighted by molar-refractivity contribution is 6.17. The zero-order chi connectivity index (χ0) is 28.5. The van der Waals surface area contributed by atoms with Gasteiger partial charge in [-0.15, -0.1) is 11.6 Å². The third-order valence-electron chi connectivity index (χ3n) is 3.39. The number of halogens is 18. The van der Waals surface area contributed by atoms with Gasteiger partial charge >= 0.3 is 54.3 Å². The summed E-state index contributed by atoms with van der Waals surface area (Å²) >= 11 is 5.11. The van der Waals surface area contributed by atoms with Crippen LogP contribution in [0.4, 0.5) is 74.6 Å². The molecule has 0 saturated heterocycles. The fourth-order valence-corrected chi connectivity index (χ4v) is 1.79. The molecule has 0 amide bonds. The maximum absolute atomic E-state index is 14.0. The summed E-state index contributed by atoms with van der Waals surface area (Å²) in [5, 5.41) is 0. The lowest BCUT2D eigenvalue weighted by Crippen LogP contribution is -2.68. The van der Waals surface area contributed by atoms with E-state index in [0.29, 0.717) is 0 Å². The molecule has 0 aromatic carbocycles. The summed E-state index contributed by atoms with van der Waals surface area (Å²) in [7, 11) is 0. The first kappa shape index (κ1) is 33.5. The molecule has 0 aliphatic carbocycles. The van der Waals surface area contributed by atoms with E-state index in [1.807, 2.05) is 4.74 Å². The van der Waals surface area contributed by atoms with Gasteiger partial charge in [-0.25, -0.2) is 4.79 Å². The van der Waals surface area contributed by atoms with Gasteiger partial charge in [0.05, 0.1) is 6.61 Å². The van der Waals surface area contributed by atoms with Gasteiger partial charge < -0.3 is 4.74 Å². The number of carbonyl (C=O) groups excluding carboxylic acids is 1. The average molecular weight is 587 g/mol. The molecule has 0 rings (SSSR count). The van der Waals surface area contributed by atoms with E-state index >= 15 is 0 Å². The van der Waals surface area contributed by atoms with Crippen molar-refractivity contribution in [3.05, 3.63) is 0 Å². The van der Waals surface area contributed by atoms with E-state index in [2.05, 4.69) is 4.74 Å². The van der Waals surface area contributed by atoms with E-state index in [1.165, 1.54) is 4.74 Å². The van der Waals surface area contributed by atoms with Crippen molar-refractivity contribution in [2.75, 3.05) is 12.5 Å². The Morgan fingerprint density at radius 3 is 1.40 bits per heavy atom. The number of ether oxygens (including phenoxy) is 3. The first-order valence-electron chi connectivity index (χ1n) is 7.99. The number of hydrogen-bond acceptors (Lipinski definition) is 4. The molecule has 0 N–H and O–H groups in total. The topological polar surface area (TPSA) is 44.8 Å². The summed E-state index contributed by atoms with van der Waals surface area (Å²) in [4.78, 5) is 11.2. The molecule has 0 heterocycles. The smallest absolute Gasteiger partial charge is 0.461 e. The predicted molar refractivity (Wildman–Crippen MR) is 73.8 cm³/mol. The Kier molecular flexibility index (Phi) is 9.66. The third-order valence-corrected chi connectivity index (χ3v) is 3.65. The quantitative estimate of drug-likeness (QED) is 0.121. The highest BCUT2D eigenvalue weighted by Crippen LogP contribution is 2.56. The Hall–Kier alpha value is -1.51. The number of hydrogen-bond donors (Lipinski definition) is 0. The number of rotatable bonds is 11. The molecule has 0 aromatic rings. The van der Waals surface area contributed by atoms with Gasteiger partial charge in [0.15, 0.2) is 0 Å². The van der Waals surface area contributed by atoms with Gasteiger partial charge in [-0.05, 0) is 12.8 Å². The second kappa shape index (κ2) is 10.1. The summed E-state index contributed by atoms with van der Waals surface area (Å²) in [6.07, 6.45) is -39.3. The fraction of sp³-hybridized carbons (Fsp3) is 0.923. The van der Waals surface area contributed by atoms with E-state index in [1.54, 1.807) is 0 Å². The Bertz CT molecular complexity index is 733. The highest BCUT2D eigenvalue weighted by atomic mass is 35.5. The van der Waals surface area contributed by atoms with Crippen LogP contribution >= 0.6 is 11.6 Å². The molecule has 0 bridgehead atoms. The van der Waals surface area contributed by atoms with Gasteiger partial charge in [-0.2, -0.15) is 74.6 Å². The van der Waals surface area contributed by atoms with Gasteiger partial charge in [0, 0.05) is 5.88 Å². The third kappa shape index (κ3) is 6.63. The van der Waals surface area contributed by atoms with E-state index in [9.17, 15) is 79.4 Å². The molecule has 0 radical (unpaired) electrons. The van der Waals surface area contributed by atoms with Crippen LogP contribution in [0.1, 0.15) is 12.8 Å². The van der Waals surface area contributed by atoms with Crippen LogP contribution in [0.15, 0.2) is 0 Å². The molecule has 210 valence electrons. The van der Waals surface area contributed by atoms with Crippen LogP contribution in [0.5, 0.6) is 0 Å². The molecule has 0 aliphatic rings. The zero-order valence-corrected chi connectivity index (χ0v) is 16.5. The summed E-state index contributed by atoms with van der Waals surface area (Å²) < 4.78 is 226. The molecular weight excluding hydrogens is 579 g/mol. The monoisotopic (exact) mass is 586 g/mol. The van der Waals surface area contributed by atoms with Crippen molar-refractivity contribution in [2.45, 2.75) is 61.2 Å². The maximum Gasteiger partial charge on any atom is 0.462 e. The van der Waals surface area contributed by atoms with Gasteiger partial charge in [0.1, 0.15) is 0 Å². The summed E-state index contributed by atoms with van der Waals surface area (Å²) in [6, 6.07) is 0. The number of esters is 1. The molecule has 0 spiro atoms. The molecule has 4 nitrogen and oxygen atoms in total. The zero-order valence-electron chi connectivity index (χ0n) is 15.8. The van der Waals surface area contributed by atoms with Crippen molar-refractivity contribution in [2.24, 2.45) is 0 Å². The van der Waals surface area contributed by atoms with Crippen molar-refractivity contribution in [3.8, 4) is 0 Å². The van der Waals surface area contributed by atoms with Gasteiger partial charge in [-0.3, -0.25) is 9.47 Å². The van der Waals surface area contributed by atoms with Crippen molar-refractivity contribution >= 4 is 17.6 Å². The summed E-state index contributed by atoms with van der Waals surface area (Å²) in [5.41, 5.74) is 0. The molecule has 0 saturated carbocycles. The maximum atomic E-state index is 14.0. The molecule has 0 aliphatic heterocycles. The minimum atomic E-state index is -8.06. The molecule has 22 heteroatoms. The van der Waals surface area contributed by atoms with Crippen molar-refractivity contribution in [1.82, 2.24) is 0 Å². The van der Waals surface area contributed by atoms with E-state index in [0.717, 1.165) is 0 Å². The normalized spacial score (nSPS) is 18.1. The molecule has 2 unspecified atom stereocenters.